The summed E-state index contributed by atoms with van der Waals surface area (Å²) >= 11 is 0. The second-order valence-electron chi connectivity index (χ2n) is 4.22. The van der Waals surface area contributed by atoms with Crippen molar-refractivity contribution in [1.82, 2.24) is 9.97 Å². The summed E-state index contributed by atoms with van der Waals surface area (Å²) in [4.78, 5) is 8.61. The molecule has 0 atom stereocenters. The van der Waals surface area contributed by atoms with Crippen molar-refractivity contribution in [1.29, 1.82) is 0 Å². The van der Waals surface area contributed by atoms with Gasteiger partial charge in [0.2, 0.25) is 0 Å². The summed E-state index contributed by atoms with van der Waals surface area (Å²) < 4.78 is 0. The van der Waals surface area contributed by atoms with Crippen molar-refractivity contribution >= 4 is 5.82 Å². The normalized spacial score (nSPS) is 10.3. The van der Waals surface area contributed by atoms with Crippen LogP contribution in [0.25, 0.3) is 0 Å². The Hall–Kier alpha value is -1.90. The van der Waals surface area contributed by atoms with Gasteiger partial charge >= 0.3 is 0 Å². The zero-order valence-corrected chi connectivity index (χ0v) is 10.5. The van der Waals surface area contributed by atoms with Gasteiger partial charge in [0.1, 0.15) is 11.6 Å². The maximum atomic E-state index is 4.36. The third kappa shape index (κ3) is 3.03. The molecule has 1 aromatic heterocycles. The molecule has 0 aliphatic carbocycles. The van der Waals surface area contributed by atoms with E-state index in [-0.39, 0.29) is 0 Å². The molecule has 2 rings (SSSR count). The first-order valence-corrected chi connectivity index (χ1v) is 5.76. The summed E-state index contributed by atoms with van der Waals surface area (Å²) in [6.45, 7) is 6.80. The highest BCUT2D eigenvalue weighted by molar-refractivity contribution is 5.38. The lowest BCUT2D eigenvalue weighted by atomic mass is 10.1. The highest BCUT2D eigenvalue weighted by Crippen LogP contribution is 2.11. The molecule has 0 spiro atoms. The lowest BCUT2D eigenvalue weighted by Crippen LogP contribution is -2.04. The number of aromatic nitrogens is 2. The van der Waals surface area contributed by atoms with Crippen molar-refractivity contribution in [3.63, 3.8) is 0 Å². The van der Waals surface area contributed by atoms with Crippen LogP contribution in [0.1, 0.15) is 22.6 Å². The molecule has 0 unspecified atom stereocenters. The minimum absolute atomic E-state index is 0.794. The predicted molar refractivity (Wildman–Crippen MR) is 70.0 cm³/mol. The van der Waals surface area contributed by atoms with Gasteiger partial charge in [-0.15, -0.1) is 0 Å². The molecule has 17 heavy (non-hydrogen) atoms. The van der Waals surface area contributed by atoms with Crippen molar-refractivity contribution in [3.05, 3.63) is 53.0 Å². The molecule has 88 valence electrons. The lowest BCUT2D eigenvalue weighted by Gasteiger charge is -2.09. The highest BCUT2D eigenvalue weighted by atomic mass is 15.0. The zero-order valence-electron chi connectivity index (χ0n) is 10.5. The Bertz CT molecular complexity index is 500. The number of nitrogens with zero attached hydrogens (tertiary/aromatic N) is 2. The Balaban J connectivity index is 2.10. The van der Waals surface area contributed by atoms with Crippen LogP contribution in [0.4, 0.5) is 5.82 Å². The fourth-order valence-electron chi connectivity index (χ4n) is 1.80. The summed E-state index contributed by atoms with van der Waals surface area (Å²) in [5.41, 5.74) is 3.58. The van der Waals surface area contributed by atoms with Gasteiger partial charge in [0, 0.05) is 18.3 Å². The molecule has 0 radical (unpaired) electrons. The maximum Gasteiger partial charge on any atom is 0.130 e. The number of anilines is 1. The minimum atomic E-state index is 0.794. The summed E-state index contributed by atoms with van der Waals surface area (Å²) in [6.07, 6.45) is 0. The van der Waals surface area contributed by atoms with E-state index in [1.807, 2.05) is 19.9 Å². The van der Waals surface area contributed by atoms with Crippen molar-refractivity contribution in [3.8, 4) is 0 Å². The molecule has 0 bridgehead atoms. The molecule has 0 fully saturated rings. The van der Waals surface area contributed by atoms with Crippen LogP contribution in [-0.4, -0.2) is 9.97 Å². The van der Waals surface area contributed by atoms with Crippen LogP contribution in [0.2, 0.25) is 0 Å². The molecule has 3 nitrogen and oxygen atoms in total. The Morgan fingerprint density at radius 1 is 1.06 bits per heavy atom. The monoisotopic (exact) mass is 227 g/mol. The van der Waals surface area contributed by atoms with Gasteiger partial charge in [0.05, 0.1) is 0 Å². The Morgan fingerprint density at radius 3 is 2.53 bits per heavy atom. The van der Waals surface area contributed by atoms with E-state index >= 15 is 0 Å². The molecule has 1 aromatic carbocycles. The Labute approximate surface area is 102 Å². The van der Waals surface area contributed by atoms with Gasteiger partial charge in [-0.2, -0.15) is 0 Å². The number of nitrogens with one attached hydrogen (secondary N) is 1. The molecule has 3 heteroatoms. The van der Waals surface area contributed by atoms with E-state index in [4.69, 9.17) is 0 Å². The minimum Gasteiger partial charge on any atom is -0.366 e. The molecule has 1 heterocycles. The molecule has 1 N–H and O–H groups in total. The van der Waals surface area contributed by atoms with E-state index in [0.29, 0.717) is 0 Å². The summed E-state index contributed by atoms with van der Waals surface area (Å²) in [6, 6.07) is 10.3. The molecule has 0 saturated carbocycles. The van der Waals surface area contributed by atoms with Crippen molar-refractivity contribution in [2.24, 2.45) is 0 Å². The summed E-state index contributed by atoms with van der Waals surface area (Å²) in [5.74, 6) is 1.69. The average Bonchev–Trinajstić information content (AvgIpc) is 2.27. The van der Waals surface area contributed by atoms with Gasteiger partial charge in [-0.3, -0.25) is 0 Å². The number of benzene rings is 1. The topological polar surface area (TPSA) is 37.8 Å². The van der Waals surface area contributed by atoms with E-state index in [0.717, 1.165) is 23.9 Å². The highest BCUT2D eigenvalue weighted by Gasteiger charge is 2.00. The fourth-order valence-corrected chi connectivity index (χ4v) is 1.80. The quantitative estimate of drug-likeness (QED) is 0.875. The van der Waals surface area contributed by atoms with E-state index in [9.17, 15) is 0 Å². The average molecular weight is 227 g/mol. The first kappa shape index (κ1) is 11.6. The van der Waals surface area contributed by atoms with E-state index < -0.39 is 0 Å². The van der Waals surface area contributed by atoms with Crippen molar-refractivity contribution < 1.29 is 0 Å². The Morgan fingerprint density at radius 2 is 1.82 bits per heavy atom. The maximum absolute atomic E-state index is 4.36. The van der Waals surface area contributed by atoms with Gasteiger partial charge in [-0.1, -0.05) is 24.3 Å². The summed E-state index contributed by atoms with van der Waals surface area (Å²) in [5, 5.41) is 3.33. The van der Waals surface area contributed by atoms with Gasteiger partial charge in [0.25, 0.3) is 0 Å². The summed E-state index contributed by atoms with van der Waals surface area (Å²) in [7, 11) is 0. The van der Waals surface area contributed by atoms with Crippen LogP contribution in [0.15, 0.2) is 30.3 Å². The third-order valence-corrected chi connectivity index (χ3v) is 2.69. The Kier molecular flexibility index (Phi) is 3.38. The smallest absolute Gasteiger partial charge is 0.130 e. The molecule has 0 amide bonds. The van der Waals surface area contributed by atoms with Gasteiger partial charge in [0.15, 0.2) is 0 Å². The van der Waals surface area contributed by atoms with Crippen LogP contribution >= 0.6 is 0 Å². The van der Waals surface area contributed by atoms with E-state index in [1.165, 1.54) is 11.1 Å². The molecule has 0 aliphatic heterocycles. The molecule has 0 aliphatic rings. The van der Waals surface area contributed by atoms with Crippen LogP contribution < -0.4 is 5.32 Å². The van der Waals surface area contributed by atoms with Crippen LogP contribution in [0, 0.1) is 20.8 Å². The second kappa shape index (κ2) is 4.95. The number of hydrogen-bond acceptors (Lipinski definition) is 3. The molecule has 2 aromatic rings. The van der Waals surface area contributed by atoms with Gasteiger partial charge in [-0.25, -0.2) is 9.97 Å². The van der Waals surface area contributed by atoms with Gasteiger partial charge in [-0.05, 0) is 31.9 Å². The fraction of sp³-hybridized carbons (Fsp3) is 0.286. The molecular weight excluding hydrogens is 210 g/mol. The van der Waals surface area contributed by atoms with E-state index in [1.54, 1.807) is 0 Å². The lowest BCUT2D eigenvalue weighted by molar-refractivity contribution is 0.989. The second-order valence-corrected chi connectivity index (χ2v) is 4.22. The van der Waals surface area contributed by atoms with Crippen molar-refractivity contribution in [2.45, 2.75) is 27.3 Å². The van der Waals surface area contributed by atoms with Crippen LogP contribution in [0.3, 0.4) is 0 Å². The first-order chi connectivity index (χ1) is 8.15. The first-order valence-electron chi connectivity index (χ1n) is 5.76. The SMILES string of the molecule is Cc1cc(NCc2ccccc2C)nc(C)n1. The molecule has 0 saturated heterocycles. The van der Waals surface area contributed by atoms with Gasteiger partial charge < -0.3 is 5.32 Å². The third-order valence-electron chi connectivity index (χ3n) is 2.69. The van der Waals surface area contributed by atoms with Crippen LogP contribution in [-0.2, 0) is 6.54 Å². The number of rotatable bonds is 3. The predicted octanol–water partition coefficient (Wildman–Crippen LogP) is 3.01. The van der Waals surface area contributed by atoms with Crippen molar-refractivity contribution in [2.75, 3.05) is 5.32 Å². The van der Waals surface area contributed by atoms with Crippen LogP contribution in [0.5, 0.6) is 0 Å². The number of hydrogen-bond donors (Lipinski definition) is 1. The zero-order chi connectivity index (χ0) is 12.3. The number of aryl methyl sites for hydroxylation is 3. The largest absolute Gasteiger partial charge is 0.366 e. The molecular formula is C14H17N3. The van der Waals surface area contributed by atoms with E-state index in [2.05, 4.69) is 46.5 Å². The standard InChI is InChI=1S/C14H17N3/c1-10-6-4-5-7-13(10)9-15-14-8-11(2)16-12(3)17-14/h4-8H,9H2,1-3H3,(H,15,16,17).